The van der Waals surface area contributed by atoms with Crippen molar-refractivity contribution in [2.24, 2.45) is 11.8 Å². The summed E-state index contributed by atoms with van der Waals surface area (Å²) in [7, 11) is -3.71. The number of halogens is 3. The number of hydrogen-bond acceptors (Lipinski definition) is 8. The second kappa shape index (κ2) is 9.99. The van der Waals surface area contributed by atoms with Gasteiger partial charge >= 0.3 is 13.8 Å². The molecular formula is C22H25F3N5O3PS. The molecule has 0 radical (unpaired) electrons. The molecule has 2 aliphatic heterocycles. The minimum absolute atomic E-state index is 0.162. The normalized spacial score (nSPS) is 21.5. The quantitative estimate of drug-likeness (QED) is 0.356. The molecule has 0 bridgehead atoms. The van der Waals surface area contributed by atoms with Crippen molar-refractivity contribution in [3.05, 3.63) is 41.0 Å². The fraction of sp³-hybridized carbons (Fsp3) is 0.455. The number of hydrogen-bond donors (Lipinski definition) is 3. The highest BCUT2D eigenvalue weighted by molar-refractivity contribution is 7.98. The lowest BCUT2D eigenvalue weighted by Gasteiger charge is -2.23. The fourth-order valence-electron chi connectivity index (χ4n) is 4.43. The summed E-state index contributed by atoms with van der Waals surface area (Å²) in [6, 6.07) is 7.65. The van der Waals surface area contributed by atoms with Crippen LogP contribution in [0.2, 0.25) is 0 Å². The van der Waals surface area contributed by atoms with Crippen LogP contribution in [0.4, 0.5) is 30.5 Å². The molecule has 3 heterocycles. The third-order valence-corrected chi connectivity index (χ3v) is 7.53. The average molecular weight is 528 g/mol. The van der Waals surface area contributed by atoms with Crippen LogP contribution in [0.25, 0.3) is 0 Å². The lowest BCUT2D eigenvalue weighted by Crippen LogP contribution is -2.27. The van der Waals surface area contributed by atoms with Crippen LogP contribution < -0.4 is 15.5 Å². The van der Waals surface area contributed by atoms with Gasteiger partial charge in [0.1, 0.15) is 17.5 Å². The van der Waals surface area contributed by atoms with E-state index in [0.717, 1.165) is 25.8 Å². The number of anilines is 3. The standard InChI is InChI=1S/C22H25F3N5O3PS/c1-34(31,32)33-12-13-3-4-19(35-2)18(5-13)28-21-16(7-26)17(22(23,24)25)6-20(29-21)30-10-14-8-27-9-15(14)11-30/h3-6,14-15,27H,8-12H2,1-2H3,(H,28,29)(H,31,32)/t14-,15+. The Balaban J connectivity index is 1.73. The predicted octanol–water partition coefficient (Wildman–Crippen LogP) is 4.42. The number of thioether (sulfide) groups is 1. The lowest BCUT2D eigenvalue weighted by molar-refractivity contribution is -0.137. The second-order valence-corrected chi connectivity index (χ2v) is 11.4. The molecule has 8 nitrogen and oxygen atoms in total. The summed E-state index contributed by atoms with van der Waals surface area (Å²) >= 11 is 1.35. The van der Waals surface area contributed by atoms with E-state index < -0.39 is 24.9 Å². The monoisotopic (exact) mass is 527 g/mol. The van der Waals surface area contributed by atoms with E-state index in [1.165, 1.54) is 11.8 Å². The zero-order chi connectivity index (χ0) is 25.4. The SMILES string of the molecule is CSc1ccc(COP(C)(=O)O)cc1Nc1nc(N2C[C@H]3CNC[C@H]3C2)cc(C(F)(F)F)c1C#N. The molecule has 2 fully saturated rings. The summed E-state index contributed by atoms with van der Waals surface area (Å²) < 4.78 is 58.4. The van der Waals surface area contributed by atoms with Crippen molar-refractivity contribution in [2.45, 2.75) is 17.7 Å². The van der Waals surface area contributed by atoms with E-state index in [0.29, 0.717) is 41.1 Å². The molecule has 2 aliphatic rings. The van der Waals surface area contributed by atoms with Crippen LogP contribution in [0.3, 0.4) is 0 Å². The van der Waals surface area contributed by atoms with Crippen molar-refractivity contribution in [1.29, 1.82) is 5.26 Å². The van der Waals surface area contributed by atoms with E-state index in [9.17, 15) is 27.9 Å². The van der Waals surface area contributed by atoms with E-state index in [1.807, 2.05) is 4.90 Å². The molecule has 4 rings (SSSR count). The van der Waals surface area contributed by atoms with Gasteiger partial charge in [0.25, 0.3) is 0 Å². The van der Waals surface area contributed by atoms with Gasteiger partial charge in [0.05, 0.1) is 17.9 Å². The van der Waals surface area contributed by atoms with Gasteiger partial charge in [0, 0.05) is 37.7 Å². The molecule has 0 saturated carbocycles. The van der Waals surface area contributed by atoms with E-state index in [-0.39, 0.29) is 18.2 Å². The molecule has 0 spiro atoms. The van der Waals surface area contributed by atoms with Crippen molar-refractivity contribution in [1.82, 2.24) is 10.3 Å². The Kier molecular flexibility index (Phi) is 7.36. The zero-order valence-corrected chi connectivity index (χ0v) is 20.8. The van der Waals surface area contributed by atoms with Crippen LogP contribution in [0.1, 0.15) is 16.7 Å². The van der Waals surface area contributed by atoms with Gasteiger partial charge in [0.15, 0.2) is 5.82 Å². The molecule has 2 saturated heterocycles. The summed E-state index contributed by atoms with van der Waals surface area (Å²) in [5.41, 5.74) is -0.684. The Morgan fingerprint density at radius 1 is 1.34 bits per heavy atom. The van der Waals surface area contributed by atoms with E-state index >= 15 is 0 Å². The molecule has 0 aliphatic carbocycles. The number of aromatic nitrogens is 1. The third-order valence-electron chi connectivity index (χ3n) is 6.12. The Bertz CT molecular complexity index is 1190. The van der Waals surface area contributed by atoms with Gasteiger partial charge in [-0.2, -0.15) is 18.4 Å². The number of nitrogens with one attached hydrogen (secondary N) is 2. The Labute approximate surface area is 205 Å². The molecule has 35 heavy (non-hydrogen) atoms. The van der Waals surface area contributed by atoms with Crippen LogP contribution in [0, 0.1) is 23.2 Å². The summed E-state index contributed by atoms with van der Waals surface area (Å²) in [6.45, 7) is 3.73. The molecule has 1 unspecified atom stereocenters. The van der Waals surface area contributed by atoms with Crippen molar-refractivity contribution in [3.63, 3.8) is 0 Å². The zero-order valence-electron chi connectivity index (χ0n) is 19.1. The first kappa shape index (κ1) is 25.8. The number of benzene rings is 1. The van der Waals surface area contributed by atoms with Gasteiger partial charge in [-0.25, -0.2) is 4.98 Å². The number of alkyl halides is 3. The number of nitriles is 1. The topological polar surface area (TPSA) is 111 Å². The number of pyridine rings is 1. The summed E-state index contributed by atoms with van der Waals surface area (Å²) in [5, 5.41) is 15.9. The predicted molar refractivity (Wildman–Crippen MR) is 128 cm³/mol. The molecule has 0 amide bonds. The first-order chi connectivity index (χ1) is 16.5. The van der Waals surface area contributed by atoms with E-state index in [2.05, 4.69) is 15.6 Å². The Hall–Kier alpha value is -2.29. The minimum Gasteiger partial charge on any atom is -0.356 e. The smallest absolute Gasteiger partial charge is 0.356 e. The van der Waals surface area contributed by atoms with Crippen LogP contribution in [-0.2, 0) is 21.9 Å². The highest BCUT2D eigenvalue weighted by Crippen LogP contribution is 2.41. The van der Waals surface area contributed by atoms with Crippen LogP contribution in [-0.4, -0.2) is 49.0 Å². The van der Waals surface area contributed by atoms with Crippen LogP contribution in [0.15, 0.2) is 29.2 Å². The Morgan fingerprint density at radius 3 is 2.60 bits per heavy atom. The molecule has 3 atom stereocenters. The largest absolute Gasteiger partial charge is 0.417 e. The minimum atomic E-state index is -4.74. The van der Waals surface area contributed by atoms with Gasteiger partial charge in [-0.15, -0.1) is 11.8 Å². The van der Waals surface area contributed by atoms with Crippen LogP contribution >= 0.6 is 19.4 Å². The lowest BCUT2D eigenvalue weighted by atomic mass is 10.0. The van der Waals surface area contributed by atoms with Crippen LogP contribution in [0.5, 0.6) is 0 Å². The maximum Gasteiger partial charge on any atom is 0.417 e. The molecular weight excluding hydrogens is 502 g/mol. The number of nitrogens with zero attached hydrogens (tertiary/aromatic N) is 3. The van der Waals surface area contributed by atoms with E-state index in [1.54, 1.807) is 30.5 Å². The molecule has 1 aromatic heterocycles. The molecule has 3 N–H and O–H groups in total. The van der Waals surface area contributed by atoms with Crippen molar-refractivity contribution in [2.75, 3.05) is 49.3 Å². The van der Waals surface area contributed by atoms with Crippen molar-refractivity contribution in [3.8, 4) is 6.07 Å². The van der Waals surface area contributed by atoms with Gasteiger partial charge in [-0.3, -0.25) is 4.57 Å². The van der Waals surface area contributed by atoms with Gasteiger partial charge in [0.2, 0.25) is 0 Å². The molecule has 1 aromatic carbocycles. The summed E-state index contributed by atoms with van der Waals surface area (Å²) in [6.07, 6.45) is -2.93. The van der Waals surface area contributed by atoms with E-state index in [4.69, 9.17) is 4.52 Å². The van der Waals surface area contributed by atoms with Gasteiger partial charge < -0.3 is 25.0 Å². The fourth-order valence-corrected chi connectivity index (χ4v) is 5.35. The summed E-state index contributed by atoms with van der Waals surface area (Å²) in [4.78, 5) is 16.4. The Morgan fingerprint density at radius 2 is 2.03 bits per heavy atom. The molecule has 188 valence electrons. The maximum atomic E-state index is 14.0. The second-order valence-electron chi connectivity index (χ2n) is 8.68. The van der Waals surface area contributed by atoms with Crippen molar-refractivity contribution >= 4 is 36.7 Å². The highest BCUT2D eigenvalue weighted by atomic mass is 32.2. The third kappa shape index (κ3) is 5.93. The first-order valence-electron chi connectivity index (χ1n) is 10.8. The van der Waals surface area contributed by atoms with Gasteiger partial charge in [-0.05, 0) is 41.9 Å². The first-order valence-corrected chi connectivity index (χ1v) is 14.1. The molecule has 13 heteroatoms. The molecule has 2 aromatic rings. The van der Waals surface area contributed by atoms with Crippen molar-refractivity contribution < 1.29 is 27.2 Å². The number of rotatable bonds is 7. The maximum absolute atomic E-state index is 14.0. The highest BCUT2D eigenvalue weighted by Gasteiger charge is 2.40. The average Bonchev–Trinajstić information content (AvgIpc) is 3.39. The summed E-state index contributed by atoms with van der Waals surface area (Å²) in [5.74, 6) is 0.674. The van der Waals surface area contributed by atoms with Gasteiger partial charge in [-0.1, -0.05) is 6.07 Å². The number of fused-ring (bicyclic) bond motifs is 1.